The highest BCUT2D eigenvalue weighted by Crippen LogP contribution is 2.23. The molecule has 0 radical (unpaired) electrons. The summed E-state index contributed by atoms with van der Waals surface area (Å²) in [7, 11) is 1.36. The van der Waals surface area contributed by atoms with Gasteiger partial charge in [-0.2, -0.15) is 0 Å². The Morgan fingerprint density at radius 2 is 1.67 bits per heavy atom. The lowest BCUT2D eigenvalue weighted by Crippen LogP contribution is -2.17. The monoisotopic (exact) mass is 214 g/mol. The zero-order valence-electron chi connectivity index (χ0n) is 9.66. The molecule has 0 aromatic carbocycles. The summed E-state index contributed by atoms with van der Waals surface area (Å²) in [5.74, 6) is -1.31. The maximum absolute atomic E-state index is 10.8. The molecular formula is C11H18O4. The summed E-state index contributed by atoms with van der Waals surface area (Å²) in [6, 6.07) is 0. The number of esters is 1. The van der Waals surface area contributed by atoms with Crippen molar-refractivity contribution in [3.63, 3.8) is 0 Å². The van der Waals surface area contributed by atoms with Crippen LogP contribution >= 0.6 is 0 Å². The zero-order chi connectivity index (χ0) is 12.6. The van der Waals surface area contributed by atoms with Gasteiger partial charge in [-0.05, 0) is 5.41 Å². The van der Waals surface area contributed by atoms with Gasteiger partial charge >= 0.3 is 11.9 Å². The average Bonchev–Trinajstić information content (AvgIpc) is 2.14. The Kier molecular flexibility index (Phi) is 7.21. The van der Waals surface area contributed by atoms with Crippen LogP contribution in [0, 0.1) is 5.41 Å². The van der Waals surface area contributed by atoms with E-state index < -0.39 is 5.97 Å². The first-order valence-electron chi connectivity index (χ1n) is 4.29. The first kappa shape index (κ1) is 15.9. The standard InChI is InChI=1S/C8H14O2.C3H4O2/c1-6(7(9)10-5)8(2,3)4;1-2-3(4)5/h1H2,2-5H3;2H,1H2,(H,4,5). The van der Waals surface area contributed by atoms with Gasteiger partial charge in [0.15, 0.2) is 0 Å². The highest BCUT2D eigenvalue weighted by atomic mass is 16.5. The number of hydrogen-bond acceptors (Lipinski definition) is 3. The summed E-state index contributed by atoms with van der Waals surface area (Å²) in [4.78, 5) is 20.1. The molecule has 15 heavy (non-hydrogen) atoms. The molecule has 0 aromatic heterocycles. The summed E-state index contributed by atoms with van der Waals surface area (Å²) in [5.41, 5.74) is 0.322. The van der Waals surface area contributed by atoms with Crippen LogP contribution in [0.1, 0.15) is 20.8 Å². The summed E-state index contributed by atoms with van der Waals surface area (Å²) >= 11 is 0. The molecular weight excluding hydrogens is 196 g/mol. The SMILES string of the molecule is C=C(C(=O)OC)C(C)(C)C.C=CC(=O)O. The second-order valence-electron chi connectivity index (χ2n) is 3.76. The molecule has 1 N–H and O–H groups in total. The number of ether oxygens (including phenoxy) is 1. The van der Waals surface area contributed by atoms with Crippen LogP contribution in [0.4, 0.5) is 0 Å². The summed E-state index contributed by atoms with van der Waals surface area (Å²) in [6.07, 6.45) is 0.833. The molecule has 0 aliphatic carbocycles. The number of carbonyl (C=O) groups excluding carboxylic acids is 1. The number of carboxylic acid groups (broad SMARTS) is 1. The normalized spacial score (nSPS) is 9.33. The van der Waals surface area contributed by atoms with Gasteiger partial charge in [0, 0.05) is 11.6 Å². The number of carboxylic acids is 1. The molecule has 0 heterocycles. The van der Waals surface area contributed by atoms with Crippen LogP contribution < -0.4 is 0 Å². The number of aliphatic carboxylic acids is 1. The molecule has 0 rings (SSSR count). The fourth-order valence-corrected chi connectivity index (χ4v) is 0.429. The van der Waals surface area contributed by atoms with Gasteiger partial charge in [0.1, 0.15) is 0 Å². The van der Waals surface area contributed by atoms with Crippen molar-refractivity contribution in [2.24, 2.45) is 5.41 Å². The molecule has 4 heteroatoms. The third kappa shape index (κ3) is 8.74. The van der Waals surface area contributed by atoms with E-state index in [9.17, 15) is 9.59 Å². The van der Waals surface area contributed by atoms with Crippen molar-refractivity contribution in [3.8, 4) is 0 Å². The molecule has 0 saturated carbocycles. The summed E-state index contributed by atoms with van der Waals surface area (Å²) < 4.78 is 4.50. The van der Waals surface area contributed by atoms with E-state index in [-0.39, 0.29) is 11.4 Å². The Balaban J connectivity index is 0. The zero-order valence-corrected chi connectivity index (χ0v) is 9.66. The smallest absolute Gasteiger partial charge is 0.333 e. The predicted molar refractivity (Wildman–Crippen MR) is 58.4 cm³/mol. The topological polar surface area (TPSA) is 63.6 Å². The Hall–Kier alpha value is -1.58. The lowest BCUT2D eigenvalue weighted by atomic mass is 9.88. The molecule has 0 unspecified atom stereocenters. The van der Waals surface area contributed by atoms with Crippen molar-refractivity contribution in [2.45, 2.75) is 20.8 Å². The molecule has 0 aromatic rings. The largest absolute Gasteiger partial charge is 0.478 e. The Bertz CT molecular complexity index is 258. The molecule has 0 aliphatic rings. The molecule has 0 aliphatic heterocycles. The van der Waals surface area contributed by atoms with Crippen LogP contribution in [0.25, 0.3) is 0 Å². The molecule has 86 valence electrons. The van der Waals surface area contributed by atoms with Gasteiger partial charge in [-0.25, -0.2) is 9.59 Å². The Morgan fingerprint density at radius 3 is 1.73 bits per heavy atom. The summed E-state index contributed by atoms with van der Waals surface area (Å²) in [5, 5.41) is 7.60. The summed E-state index contributed by atoms with van der Waals surface area (Å²) in [6.45, 7) is 12.4. The van der Waals surface area contributed by atoms with E-state index in [4.69, 9.17) is 5.11 Å². The van der Waals surface area contributed by atoms with Gasteiger partial charge in [-0.3, -0.25) is 0 Å². The predicted octanol–water partition coefficient (Wildman–Crippen LogP) is 2.02. The van der Waals surface area contributed by atoms with Crippen molar-refractivity contribution >= 4 is 11.9 Å². The van der Waals surface area contributed by atoms with Crippen LogP contribution in [-0.2, 0) is 14.3 Å². The van der Waals surface area contributed by atoms with Gasteiger partial charge in [0.25, 0.3) is 0 Å². The number of carbonyl (C=O) groups is 2. The molecule has 0 fully saturated rings. The van der Waals surface area contributed by atoms with Crippen LogP contribution in [-0.4, -0.2) is 24.2 Å². The van der Waals surface area contributed by atoms with E-state index >= 15 is 0 Å². The molecule has 0 bridgehead atoms. The van der Waals surface area contributed by atoms with Gasteiger partial charge in [0.05, 0.1) is 7.11 Å². The van der Waals surface area contributed by atoms with Crippen LogP contribution in [0.3, 0.4) is 0 Å². The van der Waals surface area contributed by atoms with E-state index in [1.165, 1.54) is 7.11 Å². The van der Waals surface area contributed by atoms with Crippen LogP contribution in [0.15, 0.2) is 24.8 Å². The Morgan fingerprint density at radius 1 is 1.33 bits per heavy atom. The first-order valence-corrected chi connectivity index (χ1v) is 4.29. The second-order valence-corrected chi connectivity index (χ2v) is 3.76. The molecule has 4 nitrogen and oxygen atoms in total. The van der Waals surface area contributed by atoms with Gasteiger partial charge in [0.2, 0.25) is 0 Å². The number of rotatable bonds is 2. The molecule has 0 saturated heterocycles. The average molecular weight is 214 g/mol. The third-order valence-corrected chi connectivity index (χ3v) is 1.51. The fraction of sp³-hybridized carbons (Fsp3) is 0.455. The highest BCUT2D eigenvalue weighted by Gasteiger charge is 2.21. The van der Waals surface area contributed by atoms with Crippen LogP contribution in [0.2, 0.25) is 0 Å². The van der Waals surface area contributed by atoms with Gasteiger partial charge < -0.3 is 9.84 Å². The number of hydrogen-bond donors (Lipinski definition) is 1. The second kappa shape index (κ2) is 6.81. The van der Waals surface area contributed by atoms with Crippen molar-refractivity contribution < 1.29 is 19.4 Å². The van der Waals surface area contributed by atoms with E-state index in [0.29, 0.717) is 5.57 Å². The first-order chi connectivity index (χ1) is 6.66. The lowest BCUT2D eigenvalue weighted by Gasteiger charge is -2.18. The minimum absolute atomic E-state index is 0.187. The van der Waals surface area contributed by atoms with Crippen molar-refractivity contribution in [1.29, 1.82) is 0 Å². The molecule has 0 spiro atoms. The van der Waals surface area contributed by atoms with Crippen molar-refractivity contribution in [3.05, 3.63) is 24.8 Å². The quantitative estimate of drug-likeness (QED) is 0.564. The fourth-order valence-electron chi connectivity index (χ4n) is 0.429. The van der Waals surface area contributed by atoms with Gasteiger partial charge in [-0.1, -0.05) is 33.9 Å². The molecule has 0 amide bonds. The Labute approximate surface area is 90.2 Å². The maximum Gasteiger partial charge on any atom is 0.333 e. The molecule has 0 atom stereocenters. The van der Waals surface area contributed by atoms with Crippen molar-refractivity contribution in [1.82, 2.24) is 0 Å². The van der Waals surface area contributed by atoms with E-state index in [1.54, 1.807) is 0 Å². The number of methoxy groups -OCH3 is 1. The minimum Gasteiger partial charge on any atom is -0.478 e. The maximum atomic E-state index is 10.8. The highest BCUT2D eigenvalue weighted by molar-refractivity contribution is 5.88. The van der Waals surface area contributed by atoms with E-state index in [1.807, 2.05) is 20.8 Å². The van der Waals surface area contributed by atoms with E-state index in [2.05, 4.69) is 17.9 Å². The van der Waals surface area contributed by atoms with E-state index in [0.717, 1.165) is 6.08 Å². The lowest BCUT2D eigenvalue weighted by molar-refractivity contribution is -0.137. The third-order valence-electron chi connectivity index (χ3n) is 1.51. The van der Waals surface area contributed by atoms with Crippen LogP contribution in [0.5, 0.6) is 0 Å². The minimum atomic E-state index is -0.981. The van der Waals surface area contributed by atoms with Crippen molar-refractivity contribution in [2.75, 3.05) is 7.11 Å². The van der Waals surface area contributed by atoms with Gasteiger partial charge in [-0.15, -0.1) is 0 Å².